The Bertz CT molecular complexity index is 1330. The van der Waals surface area contributed by atoms with Crippen molar-refractivity contribution in [1.82, 2.24) is 23.1 Å². The smallest absolute Gasteiger partial charge is 0.332 e. The lowest BCUT2D eigenvalue weighted by atomic mass is 10.1. The zero-order valence-electron chi connectivity index (χ0n) is 14.5. The molecule has 140 valence electrons. The van der Waals surface area contributed by atoms with Crippen molar-refractivity contribution in [3.8, 4) is 11.3 Å². The van der Waals surface area contributed by atoms with Crippen molar-refractivity contribution in [2.45, 2.75) is 6.54 Å². The first kappa shape index (κ1) is 17.8. The van der Waals surface area contributed by atoms with Crippen LogP contribution in [0.5, 0.6) is 0 Å². The summed E-state index contributed by atoms with van der Waals surface area (Å²) in [4.78, 5) is 29.4. The van der Waals surface area contributed by atoms with Crippen molar-refractivity contribution in [3.63, 3.8) is 0 Å². The highest BCUT2D eigenvalue weighted by molar-refractivity contribution is 6.36. The number of aromatic nitrogens is 5. The number of halogens is 2. The van der Waals surface area contributed by atoms with Gasteiger partial charge in [-0.25, -0.2) is 4.79 Å². The molecule has 0 fully saturated rings. The molecule has 8 nitrogen and oxygen atoms in total. The summed E-state index contributed by atoms with van der Waals surface area (Å²) in [5, 5.41) is 10.5. The van der Waals surface area contributed by atoms with E-state index < -0.39 is 11.2 Å². The van der Waals surface area contributed by atoms with Gasteiger partial charge in [0, 0.05) is 37.4 Å². The fourth-order valence-electron chi connectivity index (χ4n) is 3.25. The van der Waals surface area contributed by atoms with Crippen LogP contribution in [0, 0.1) is 0 Å². The molecule has 0 atom stereocenters. The highest BCUT2D eigenvalue weighted by Crippen LogP contribution is 2.32. The molecule has 0 bridgehead atoms. The molecule has 1 N–H and O–H groups in total. The summed E-state index contributed by atoms with van der Waals surface area (Å²) in [5.41, 5.74) is 1.01. The third kappa shape index (κ3) is 2.52. The van der Waals surface area contributed by atoms with E-state index in [1.165, 1.54) is 11.6 Å². The zero-order chi connectivity index (χ0) is 19.5. The number of rotatable bonds is 3. The number of hydrogen-bond donors (Lipinski definition) is 1. The van der Waals surface area contributed by atoms with Crippen LogP contribution in [0.3, 0.4) is 0 Å². The summed E-state index contributed by atoms with van der Waals surface area (Å²) in [6.07, 6.45) is 1.72. The maximum Gasteiger partial charge on any atom is 0.332 e. The molecule has 0 aliphatic rings. The fourth-order valence-corrected chi connectivity index (χ4v) is 3.75. The van der Waals surface area contributed by atoms with Gasteiger partial charge in [-0.05, 0) is 18.2 Å². The van der Waals surface area contributed by atoms with E-state index in [9.17, 15) is 14.7 Å². The van der Waals surface area contributed by atoms with Gasteiger partial charge in [0.15, 0.2) is 11.2 Å². The topological polar surface area (TPSA) is 86.5 Å². The number of benzene rings is 1. The van der Waals surface area contributed by atoms with E-state index in [4.69, 9.17) is 23.2 Å². The number of imidazole rings is 2. The van der Waals surface area contributed by atoms with Crippen LogP contribution in [-0.2, 0) is 20.6 Å². The lowest BCUT2D eigenvalue weighted by Gasteiger charge is -2.09. The summed E-state index contributed by atoms with van der Waals surface area (Å²) >= 11 is 12.3. The van der Waals surface area contributed by atoms with E-state index in [1.54, 1.807) is 40.4 Å². The molecule has 0 aliphatic carbocycles. The highest BCUT2D eigenvalue weighted by atomic mass is 35.5. The Morgan fingerprint density at radius 3 is 2.56 bits per heavy atom. The maximum absolute atomic E-state index is 12.7. The number of aryl methyl sites for hydroxylation is 1. The van der Waals surface area contributed by atoms with Crippen LogP contribution in [0.15, 0.2) is 34.0 Å². The van der Waals surface area contributed by atoms with Crippen molar-refractivity contribution >= 4 is 40.1 Å². The Morgan fingerprint density at radius 2 is 1.89 bits per heavy atom. The quantitative estimate of drug-likeness (QED) is 0.559. The summed E-state index contributed by atoms with van der Waals surface area (Å²) < 4.78 is 5.73. The van der Waals surface area contributed by atoms with Crippen LogP contribution in [-0.4, -0.2) is 34.8 Å². The molecule has 27 heavy (non-hydrogen) atoms. The van der Waals surface area contributed by atoms with Crippen LogP contribution >= 0.6 is 23.2 Å². The molecule has 0 saturated heterocycles. The van der Waals surface area contributed by atoms with Gasteiger partial charge in [-0.1, -0.05) is 23.2 Å². The fraction of sp³-hybridized carbons (Fsp3) is 0.235. The molecule has 0 aliphatic heterocycles. The predicted octanol–water partition coefficient (Wildman–Crippen LogP) is 1.65. The molecule has 10 heteroatoms. The van der Waals surface area contributed by atoms with Crippen LogP contribution in [0.25, 0.3) is 28.2 Å². The predicted molar refractivity (Wildman–Crippen MR) is 104 cm³/mol. The highest BCUT2D eigenvalue weighted by Gasteiger charge is 2.21. The van der Waals surface area contributed by atoms with Gasteiger partial charge >= 0.3 is 5.69 Å². The minimum absolute atomic E-state index is 0.136. The van der Waals surface area contributed by atoms with Crippen molar-refractivity contribution in [1.29, 1.82) is 0 Å². The Balaban J connectivity index is 2.15. The van der Waals surface area contributed by atoms with Gasteiger partial charge in [0.25, 0.3) is 5.56 Å². The molecule has 3 heterocycles. The van der Waals surface area contributed by atoms with E-state index in [2.05, 4.69) is 4.98 Å². The lowest BCUT2D eigenvalue weighted by Crippen LogP contribution is -2.37. The summed E-state index contributed by atoms with van der Waals surface area (Å²) in [6, 6.07) is 5.10. The maximum atomic E-state index is 12.7. The van der Waals surface area contributed by atoms with E-state index in [0.29, 0.717) is 27.1 Å². The molecule has 0 amide bonds. The minimum atomic E-state index is -0.456. The number of fused-ring (bicyclic) bond motifs is 3. The number of aliphatic hydroxyl groups is 1. The standard InChI is InChI=1S/C17H15Cl2N5O3/c1-21-14-13(15(26)22(2)17(21)27)24-8-12(23(5-6-25)16(24)20-14)10-4-3-9(18)7-11(10)19/h3-4,7-8,25H,5-6H2,1-2H3. The van der Waals surface area contributed by atoms with Gasteiger partial charge in [0.2, 0.25) is 5.78 Å². The van der Waals surface area contributed by atoms with E-state index in [0.717, 1.165) is 4.57 Å². The van der Waals surface area contributed by atoms with Gasteiger partial charge in [0.1, 0.15) is 0 Å². The first-order valence-electron chi connectivity index (χ1n) is 8.08. The molecular weight excluding hydrogens is 393 g/mol. The van der Waals surface area contributed by atoms with Gasteiger partial charge in [-0.3, -0.25) is 18.3 Å². The Morgan fingerprint density at radius 1 is 1.15 bits per heavy atom. The summed E-state index contributed by atoms with van der Waals surface area (Å²) in [5.74, 6) is 0.429. The molecule has 3 aromatic heterocycles. The summed E-state index contributed by atoms with van der Waals surface area (Å²) in [7, 11) is 2.98. The molecule has 1 aromatic carbocycles. The van der Waals surface area contributed by atoms with E-state index in [1.807, 2.05) is 0 Å². The Hall–Kier alpha value is -2.55. The van der Waals surface area contributed by atoms with Crippen LogP contribution in [0.4, 0.5) is 0 Å². The van der Waals surface area contributed by atoms with Crippen molar-refractivity contribution < 1.29 is 5.11 Å². The van der Waals surface area contributed by atoms with Gasteiger partial charge in [-0.2, -0.15) is 4.98 Å². The van der Waals surface area contributed by atoms with Crippen molar-refractivity contribution in [2.75, 3.05) is 6.61 Å². The summed E-state index contributed by atoms with van der Waals surface area (Å²) in [6.45, 7) is 0.102. The molecule has 4 rings (SSSR count). The average molecular weight is 408 g/mol. The zero-order valence-corrected chi connectivity index (χ0v) is 16.0. The normalized spacial score (nSPS) is 11.7. The molecule has 4 aromatic rings. The lowest BCUT2D eigenvalue weighted by molar-refractivity contribution is 0.278. The Kier molecular flexibility index (Phi) is 4.14. The molecule has 0 saturated carbocycles. The third-order valence-electron chi connectivity index (χ3n) is 4.59. The third-order valence-corrected chi connectivity index (χ3v) is 5.13. The Labute approximate surface area is 162 Å². The number of nitrogens with zero attached hydrogens (tertiary/aromatic N) is 5. The van der Waals surface area contributed by atoms with Gasteiger partial charge in [-0.15, -0.1) is 0 Å². The SMILES string of the molecule is Cn1c(=O)c2c(nc3n(CCO)c(-c4ccc(Cl)cc4Cl)cn23)n(C)c1=O. The van der Waals surface area contributed by atoms with Gasteiger partial charge < -0.3 is 9.67 Å². The van der Waals surface area contributed by atoms with Gasteiger partial charge in [0.05, 0.1) is 17.3 Å². The number of hydrogen-bond acceptors (Lipinski definition) is 4. The molecule has 0 radical (unpaired) electrons. The average Bonchev–Trinajstić information content (AvgIpc) is 3.16. The van der Waals surface area contributed by atoms with Crippen molar-refractivity contribution in [2.24, 2.45) is 14.1 Å². The second-order valence-corrected chi connectivity index (χ2v) is 7.02. The second-order valence-electron chi connectivity index (χ2n) is 6.17. The molecule has 0 spiro atoms. The van der Waals surface area contributed by atoms with Crippen LogP contribution in [0.2, 0.25) is 10.0 Å². The van der Waals surface area contributed by atoms with E-state index >= 15 is 0 Å². The van der Waals surface area contributed by atoms with Crippen molar-refractivity contribution in [3.05, 3.63) is 55.3 Å². The van der Waals surface area contributed by atoms with E-state index in [-0.39, 0.29) is 24.3 Å². The first-order chi connectivity index (χ1) is 12.8. The van der Waals surface area contributed by atoms with Crippen LogP contribution in [0.1, 0.15) is 0 Å². The second kappa shape index (κ2) is 6.26. The molecule has 0 unspecified atom stereocenters. The monoisotopic (exact) mass is 407 g/mol. The number of aliphatic hydroxyl groups excluding tert-OH is 1. The minimum Gasteiger partial charge on any atom is -0.395 e. The van der Waals surface area contributed by atoms with Crippen LogP contribution < -0.4 is 11.2 Å². The molecular formula is C17H15Cl2N5O3. The largest absolute Gasteiger partial charge is 0.395 e. The first-order valence-corrected chi connectivity index (χ1v) is 8.84.